The molecule has 13 heavy (non-hydrogen) atoms. The molecule has 0 aliphatic carbocycles. The lowest BCUT2D eigenvalue weighted by atomic mass is 10.3. The van der Waals surface area contributed by atoms with Crippen molar-refractivity contribution in [1.29, 1.82) is 0 Å². The molecule has 0 aliphatic heterocycles. The van der Waals surface area contributed by atoms with Crippen molar-refractivity contribution in [2.24, 2.45) is 0 Å². The third-order valence-electron chi connectivity index (χ3n) is 1.97. The summed E-state index contributed by atoms with van der Waals surface area (Å²) in [5.41, 5.74) is 2.39. The SMILES string of the molecule is CCCNc1cnn(CC)c1C.Cl. The predicted molar refractivity (Wildman–Crippen MR) is 58.7 cm³/mol. The van der Waals surface area contributed by atoms with E-state index >= 15 is 0 Å². The van der Waals surface area contributed by atoms with Crippen LogP contribution in [0.3, 0.4) is 0 Å². The van der Waals surface area contributed by atoms with Gasteiger partial charge in [0, 0.05) is 13.1 Å². The highest BCUT2D eigenvalue weighted by Gasteiger charge is 2.02. The van der Waals surface area contributed by atoms with E-state index in [-0.39, 0.29) is 12.4 Å². The predicted octanol–water partition coefficient (Wildman–Crippen LogP) is 2.46. The molecule has 0 amide bonds. The van der Waals surface area contributed by atoms with Gasteiger partial charge in [0.15, 0.2) is 0 Å². The Morgan fingerprint density at radius 2 is 2.15 bits per heavy atom. The monoisotopic (exact) mass is 203 g/mol. The van der Waals surface area contributed by atoms with Crippen LogP contribution in [0.2, 0.25) is 0 Å². The maximum Gasteiger partial charge on any atom is 0.0756 e. The maximum absolute atomic E-state index is 4.24. The van der Waals surface area contributed by atoms with Crippen LogP contribution in [0.1, 0.15) is 26.0 Å². The van der Waals surface area contributed by atoms with E-state index in [1.54, 1.807) is 0 Å². The summed E-state index contributed by atoms with van der Waals surface area (Å²) in [7, 11) is 0. The number of halogens is 1. The van der Waals surface area contributed by atoms with E-state index < -0.39 is 0 Å². The summed E-state index contributed by atoms with van der Waals surface area (Å²) in [6, 6.07) is 0. The molecule has 1 aromatic heterocycles. The fraction of sp³-hybridized carbons (Fsp3) is 0.667. The number of nitrogens with one attached hydrogen (secondary N) is 1. The average molecular weight is 204 g/mol. The fourth-order valence-corrected chi connectivity index (χ4v) is 1.20. The van der Waals surface area contributed by atoms with Crippen LogP contribution in [0.5, 0.6) is 0 Å². The van der Waals surface area contributed by atoms with Crippen LogP contribution >= 0.6 is 12.4 Å². The zero-order chi connectivity index (χ0) is 8.97. The lowest BCUT2D eigenvalue weighted by Gasteiger charge is -2.03. The van der Waals surface area contributed by atoms with Crippen molar-refractivity contribution in [3.8, 4) is 0 Å². The summed E-state index contributed by atoms with van der Waals surface area (Å²) in [6.45, 7) is 8.32. The zero-order valence-corrected chi connectivity index (χ0v) is 9.32. The van der Waals surface area contributed by atoms with E-state index in [2.05, 4.69) is 31.2 Å². The minimum atomic E-state index is 0. The first kappa shape index (κ1) is 12.3. The molecule has 1 N–H and O–H groups in total. The highest BCUT2D eigenvalue weighted by molar-refractivity contribution is 5.85. The number of nitrogens with zero attached hydrogens (tertiary/aromatic N) is 2. The molecule has 0 saturated heterocycles. The van der Waals surface area contributed by atoms with E-state index in [4.69, 9.17) is 0 Å². The van der Waals surface area contributed by atoms with Crippen LogP contribution in [0.25, 0.3) is 0 Å². The Labute approximate surface area is 85.9 Å². The molecule has 1 aromatic rings. The third-order valence-corrected chi connectivity index (χ3v) is 1.97. The van der Waals surface area contributed by atoms with E-state index in [0.29, 0.717) is 0 Å². The molecule has 0 unspecified atom stereocenters. The Morgan fingerprint density at radius 3 is 2.62 bits per heavy atom. The Morgan fingerprint density at radius 1 is 1.46 bits per heavy atom. The zero-order valence-electron chi connectivity index (χ0n) is 8.50. The normalized spacial score (nSPS) is 9.46. The summed E-state index contributed by atoms with van der Waals surface area (Å²) >= 11 is 0. The standard InChI is InChI=1S/C9H17N3.ClH/c1-4-6-10-9-7-11-12(5-2)8(9)3;/h7,10H,4-6H2,1-3H3;1H. The molecule has 0 atom stereocenters. The highest BCUT2D eigenvalue weighted by Crippen LogP contribution is 2.12. The topological polar surface area (TPSA) is 29.9 Å². The van der Waals surface area contributed by atoms with Gasteiger partial charge in [-0.05, 0) is 20.3 Å². The largest absolute Gasteiger partial charge is 0.382 e. The van der Waals surface area contributed by atoms with E-state index in [9.17, 15) is 0 Å². The van der Waals surface area contributed by atoms with Crippen LogP contribution in [0.15, 0.2) is 6.20 Å². The van der Waals surface area contributed by atoms with Gasteiger partial charge in [-0.1, -0.05) is 6.92 Å². The Hall–Kier alpha value is -0.700. The van der Waals surface area contributed by atoms with Crippen molar-refractivity contribution in [2.75, 3.05) is 11.9 Å². The van der Waals surface area contributed by atoms with E-state index in [1.165, 1.54) is 11.4 Å². The first-order valence-electron chi connectivity index (χ1n) is 4.55. The summed E-state index contributed by atoms with van der Waals surface area (Å²) in [4.78, 5) is 0. The van der Waals surface area contributed by atoms with Crippen LogP contribution < -0.4 is 5.32 Å². The maximum atomic E-state index is 4.24. The molecule has 0 fully saturated rings. The fourth-order valence-electron chi connectivity index (χ4n) is 1.20. The average Bonchev–Trinajstić information content (AvgIpc) is 2.43. The highest BCUT2D eigenvalue weighted by atomic mass is 35.5. The number of rotatable bonds is 4. The summed E-state index contributed by atoms with van der Waals surface area (Å²) in [5, 5.41) is 7.58. The lowest BCUT2D eigenvalue weighted by Crippen LogP contribution is -2.02. The molecular weight excluding hydrogens is 186 g/mol. The van der Waals surface area contributed by atoms with Crippen LogP contribution in [-0.2, 0) is 6.54 Å². The molecule has 4 heteroatoms. The quantitative estimate of drug-likeness (QED) is 0.815. The van der Waals surface area contributed by atoms with Crippen LogP contribution in [0, 0.1) is 6.92 Å². The molecule has 0 radical (unpaired) electrons. The second-order valence-electron chi connectivity index (χ2n) is 2.89. The minimum absolute atomic E-state index is 0. The van der Waals surface area contributed by atoms with Gasteiger partial charge in [-0.2, -0.15) is 5.10 Å². The van der Waals surface area contributed by atoms with Crippen molar-refractivity contribution < 1.29 is 0 Å². The van der Waals surface area contributed by atoms with Gasteiger partial charge in [-0.15, -0.1) is 12.4 Å². The smallest absolute Gasteiger partial charge is 0.0756 e. The molecule has 0 aliphatic rings. The molecule has 3 nitrogen and oxygen atoms in total. The minimum Gasteiger partial charge on any atom is -0.382 e. The van der Waals surface area contributed by atoms with E-state index in [1.807, 2.05) is 10.9 Å². The van der Waals surface area contributed by atoms with Gasteiger partial charge in [0.05, 0.1) is 17.6 Å². The van der Waals surface area contributed by atoms with Gasteiger partial charge >= 0.3 is 0 Å². The van der Waals surface area contributed by atoms with Crippen LogP contribution in [-0.4, -0.2) is 16.3 Å². The van der Waals surface area contributed by atoms with Crippen molar-refractivity contribution in [2.45, 2.75) is 33.7 Å². The van der Waals surface area contributed by atoms with Gasteiger partial charge in [0.2, 0.25) is 0 Å². The number of hydrogen-bond acceptors (Lipinski definition) is 2. The first-order chi connectivity index (χ1) is 5.79. The molecule has 1 rings (SSSR count). The van der Waals surface area contributed by atoms with Crippen LogP contribution in [0.4, 0.5) is 5.69 Å². The van der Waals surface area contributed by atoms with Crippen molar-refractivity contribution in [3.05, 3.63) is 11.9 Å². The van der Waals surface area contributed by atoms with Gasteiger partial charge in [0.25, 0.3) is 0 Å². The molecule has 0 saturated carbocycles. The summed E-state index contributed by atoms with van der Waals surface area (Å²) < 4.78 is 2.00. The van der Waals surface area contributed by atoms with Crippen molar-refractivity contribution in [3.63, 3.8) is 0 Å². The Kier molecular flexibility index (Phi) is 5.55. The van der Waals surface area contributed by atoms with Gasteiger partial charge in [-0.3, -0.25) is 4.68 Å². The number of aryl methyl sites for hydroxylation is 1. The lowest BCUT2D eigenvalue weighted by molar-refractivity contribution is 0.640. The Bertz CT molecular complexity index is 245. The van der Waals surface area contributed by atoms with Gasteiger partial charge in [-0.25, -0.2) is 0 Å². The van der Waals surface area contributed by atoms with Crippen molar-refractivity contribution in [1.82, 2.24) is 9.78 Å². The molecule has 0 aromatic carbocycles. The first-order valence-corrected chi connectivity index (χ1v) is 4.55. The summed E-state index contributed by atoms with van der Waals surface area (Å²) in [6.07, 6.45) is 3.05. The van der Waals surface area contributed by atoms with Gasteiger partial charge < -0.3 is 5.32 Å². The van der Waals surface area contributed by atoms with E-state index in [0.717, 1.165) is 19.5 Å². The molecule has 0 spiro atoms. The number of aromatic nitrogens is 2. The number of anilines is 1. The summed E-state index contributed by atoms with van der Waals surface area (Å²) in [5.74, 6) is 0. The molecular formula is C9H18ClN3. The molecule has 1 heterocycles. The van der Waals surface area contributed by atoms with Gasteiger partial charge in [0.1, 0.15) is 0 Å². The second kappa shape index (κ2) is 5.86. The third kappa shape index (κ3) is 2.92. The number of hydrogen-bond donors (Lipinski definition) is 1. The second-order valence-corrected chi connectivity index (χ2v) is 2.89. The molecule has 76 valence electrons. The van der Waals surface area contributed by atoms with Crippen molar-refractivity contribution >= 4 is 18.1 Å². The molecule has 0 bridgehead atoms. The Balaban J connectivity index is 0.00000144.